The fraction of sp³-hybridized carbons (Fsp3) is 0.278. The smallest absolute Gasteiger partial charge is 0.269 e. The number of non-ortho nitro benzene ring substituents is 1. The predicted octanol–water partition coefficient (Wildman–Crippen LogP) is 2.56. The maximum atomic E-state index is 13.5. The van der Waals surface area contributed by atoms with Gasteiger partial charge >= 0.3 is 0 Å². The lowest BCUT2D eigenvalue weighted by Crippen LogP contribution is -2.40. The Labute approximate surface area is 155 Å². The molecule has 0 aromatic heterocycles. The van der Waals surface area contributed by atoms with Crippen LogP contribution in [-0.4, -0.2) is 41.7 Å². The molecule has 27 heavy (non-hydrogen) atoms. The van der Waals surface area contributed by atoms with Gasteiger partial charge in [0.25, 0.3) is 11.6 Å². The quantitative estimate of drug-likeness (QED) is 0.575. The molecular weight excluding hydrogens is 375 g/mol. The van der Waals surface area contributed by atoms with Gasteiger partial charge in [-0.05, 0) is 36.2 Å². The lowest BCUT2D eigenvalue weighted by Gasteiger charge is -2.28. The van der Waals surface area contributed by atoms with Gasteiger partial charge in [-0.2, -0.15) is 0 Å². The van der Waals surface area contributed by atoms with Crippen molar-refractivity contribution in [2.24, 2.45) is 0 Å². The van der Waals surface area contributed by atoms with E-state index in [4.69, 9.17) is 0 Å². The molecule has 0 spiro atoms. The Morgan fingerprint density at radius 3 is 2.48 bits per heavy atom. The zero-order valence-electron chi connectivity index (χ0n) is 14.2. The van der Waals surface area contributed by atoms with Crippen molar-refractivity contribution in [3.05, 3.63) is 75.6 Å². The summed E-state index contributed by atoms with van der Waals surface area (Å²) in [5.74, 6) is -1.06. The standard InChI is InChI=1S/C18H17FN2O5S/c19-15-3-1-2-13(10-15)11-20(17-8-9-27(25,26)12-17)18(22)14-4-6-16(7-5-14)21(23)24/h1-7,10,17H,8-9,11-12H2/t17-/m0/s1. The van der Waals surface area contributed by atoms with Gasteiger partial charge in [0.15, 0.2) is 9.84 Å². The Morgan fingerprint density at radius 2 is 1.93 bits per heavy atom. The number of halogens is 1. The number of sulfone groups is 1. The van der Waals surface area contributed by atoms with Gasteiger partial charge in [0, 0.05) is 30.3 Å². The normalized spacial score (nSPS) is 18.2. The predicted molar refractivity (Wildman–Crippen MR) is 96.4 cm³/mol. The molecule has 0 radical (unpaired) electrons. The molecule has 0 aliphatic carbocycles. The van der Waals surface area contributed by atoms with Crippen molar-refractivity contribution < 1.29 is 22.5 Å². The van der Waals surface area contributed by atoms with Crippen molar-refractivity contribution >= 4 is 21.4 Å². The molecule has 0 N–H and O–H groups in total. The molecule has 0 bridgehead atoms. The fourth-order valence-electron chi connectivity index (χ4n) is 3.11. The lowest BCUT2D eigenvalue weighted by molar-refractivity contribution is -0.384. The lowest BCUT2D eigenvalue weighted by atomic mass is 10.1. The molecule has 1 atom stereocenters. The van der Waals surface area contributed by atoms with Crippen molar-refractivity contribution in [3.63, 3.8) is 0 Å². The van der Waals surface area contributed by atoms with Crippen molar-refractivity contribution in [2.75, 3.05) is 11.5 Å². The molecule has 9 heteroatoms. The number of benzene rings is 2. The molecule has 1 aliphatic heterocycles. The van der Waals surface area contributed by atoms with Crippen LogP contribution in [0.15, 0.2) is 48.5 Å². The number of amides is 1. The minimum Gasteiger partial charge on any atom is -0.330 e. The van der Waals surface area contributed by atoms with Crippen LogP contribution in [0.1, 0.15) is 22.3 Å². The topological polar surface area (TPSA) is 97.6 Å². The molecular formula is C18H17FN2O5S. The summed E-state index contributed by atoms with van der Waals surface area (Å²) < 4.78 is 37.2. The summed E-state index contributed by atoms with van der Waals surface area (Å²) >= 11 is 0. The van der Waals surface area contributed by atoms with E-state index in [1.165, 1.54) is 47.4 Å². The highest BCUT2D eigenvalue weighted by molar-refractivity contribution is 7.91. The number of rotatable bonds is 5. The van der Waals surface area contributed by atoms with E-state index in [-0.39, 0.29) is 29.3 Å². The highest BCUT2D eigenvalue weighted by Crippen LogP contribution is 2.23. The number of nitro benzene ring substituents is 1. The minimum atomic E-state index is -3.23. The third-order valence-corrected chi connectivity index (χ3v) is 6.23. The highest BCUT2D eigenvalue weighted by Gasteiger charge is 2.35. The number of hydrogen-bond acceptors (Lipinski definition) is 5. The second-order valence-electron chi connectivity index (χ2n) is 6.42. The fourth-order valence-corrected chi connectivity index (χ4v) is 4.84. The van der Waals surface area contributed by atoms with Crippen molar-refractivity contribution in [1.29, 1.82) is 0 Å². The molecule has 0 unspecified atom stereocenters. The maximum absolute atomic E-state index is 13.5. The molecule has 1 heterocycles. The molecule has 3 rings (SSSR count). The van der Waals surface area contributed by atoms with Gasteiger partial charge in [-0.3, -0.25) is 14.9 Å². The molecule has 7 nitrogen and oxygen atoms in total. The van der Waals surface area contributed by atoms with Crippen molar-refractivity contribution in [3.8, 4) is 0 Å². The average Bonchev–Trinajstić information content (AvgIpc) is 2.99. The summed E-state index contributed by atoms with van der Waals surface area (Å²) in [4.78, 5) is 24.6. The van der Waals surface area contributed by atoms with E-state index in [1.807, 2.05) is 0 Å². The van der Waals surface area contributed by atoms with Gasteiger partial charge in [-0.25, -0.2) is 12.8 Å². The molecule has 0 saturated carbocycles. The Morgan fingerprint density at radius 1 is 1.22 bits per heavy atom. The Balaban J connectivity index is 1.90. The van der Waals surface area contributed by atoms with Crippen LogP contribution in [0.2, 0.25) is 0 Å². The number of carbonyl (C=O) groups excluding carboxylic acids is 1. The van der Waals surface area contributed by atoms with Gasteiger partial charge in [0.2, 0.25) is 0 Å². The molecule has 1 amide bonds. The maximum Gasteiger partial charge on any atom is 0.269 e. The Kier molecular flexibility index (Phi) is 5.22. The number of nitrogens with zero attached hydrogens (tertiary/aromatic N) is 2. The van der Waals surface area contributed by atoms with E-state index in [0.29, 0.717) is 12.0 Å². The average molecular weight is 392 g/mol. The van der Waals surface area contributed by atoms with Crippen LogP contribution in [0.25, 0.3) is 0 Å². The first-order valence-corrected chi connectivity index (χ1v) is 10.1. The van der Waals surface area contributed by atoms with E-state index in [2.05, 4.69) is 0 Å². The van der Waals surface area contributed by atoms with Crippen LogP contribution >= 0.6 is 0 Å². The second-order valence-corrected chi connectivity index (χ2v) is 8.65. The van der Waals surface area contributed by atoms with E-state index in [1.54, 1.807) is 6.07 Å². The van der Waals surface area contributed by atoms with E-state index in [9.17, 15) is 27.7 Å². The third kappa shape index (κ3) is 4.48. The van der Waals surface area contributed by atoms with Gasteiger partial charge in [0.1, 0.15) is 5.82 Å². The highest BCUT2D eigenvalue weighted by atomic mass is 32.2. The largest absolute Gasteiger partial charge is 0.330 e. The summed E-state index contributed by atoms with van der Waals surface area (Å²) in [6.07, 6.45) is 0.302. The summed E-state index contributed by atoms with van der Waals surface area (Å²) in [7, 11) is -3.23. The monoisotopic (exact) mass is 392 g/mol. The molecule has 1 saturated heterocycles. The van der Waals surface area contributed by atoms with Gasteiger partial charge in [-0.15, -0.1) is 0 Å². The first-order chi connectivity index (χ1) is 12.7. The number of carbonyl (C=O) groups is 1. The summed E-state index contributed by atoms with van der Waals surface area (Å²) in [6, 6.07) is 10.3. The van der Waals surface area contributed by atoms with E-state index < -0.39 is 32.5 Å². The molecule has 2 aromatic rings. The molecule has 1 fully saturated rings. The number of hydrogen-bond donors (Lipinski definition) is 0. The van der Waals surface area contributed by atoms with E-state index in [0.717, 1.165) is 0 Å². The van der Waals surface area contributed by atoms with Crippen LogP contribution in [-0.2, 0) is 16.4 Å². The second kappa shape index (κ2) is 7.43. The van der Waals surface area contributed by atoms with Crippen LogP contribution in [0.4, 0.5) is 10.1 Å². The minimum absolute atomic E-state index is 0.00907. The third-order valence-electron chi connectivity index (χ3n) is 4.48. The molecule has 1 aliphatic rings. The zero-order valence-corrected chi connectivity index (χ0v) is 15.1. The molecule has 142 valence electrons. The van der Waals surface area contributed by atoms with Gasteiger partial charge in [0.05, 0.1) is 16.4 Å². The van der Waals surface area contributed by atoms with Crippen molar-refractivity contribution in [2.45, 2.75) is 19.0 Å². The van der Waals surface area contributed by atoms with E-state index >= 15 is 0 Å². The van der Waals surface area contributed by atoms with Crippen LogP contribution in [0.3, 0.4) is 0 Å². The van der Waals surface area contributed by atoms with Gasteiger partial charge in [-0.1, -0.05) is 12.1 Å². The summed E-state index contributed by atoms with van der Waals surface area (Å²) in [5.41, 5.74) is 0.600. The van der Waals surface area contributed by atoms with Crippen LogP contribution in [0, 0.1) is 15.9 Å². The van der Waals surface area contributed by atoms with Crippen LogP contribution < -0.4 is 0 Å². The number of nitro groups is 1. The Bertz CT molecular complexity index is 976. The SMILES string of the molecule is O=C(c1ccc([N+](=O)[O-])cc1)N(Cc1cccc(F)c1)[C@H]1CCS(=O)(=O)C1. The Hall–Kier alpha value is -2.81. The first-order valence-electron chi connectivity index (χ1n) is 8.25. The summed E-state index contributed by atoms with van der Waals surface area (Å²) in [5, 5.41) is 10.8. The zero-order chi connectivity index (χ0) is 19.6. The van der Waals surface area contributed by atoms with Crippen molar-refractivity contribution in [1.82, 2.24) is 4.90 Å². The summed E-state index contributed by atoms with van der Waals surface area (Å²) in [6.45, 7) is 0.0494. The van der Waals surface area contributed by atoms with Crippen LogP contribution in [0.5, 0.6) is 0 Å². The van der Waals surface area contributed by atoms with Gasteiger partial charge < -0.3 is 4.90 Å². The first kappa shape index (κ1) is 19.0. The molecule has 2 aromatic carbocycles.